The third-order valence-corrected chi connectivity index (χ3v) is 3.67. The standard InChI is InChI=1S/C14H19N5O3/c1-19-10(4-5-17-19)2-3-14(20)18-12-8-21-9-13(12)22-11-6-15-16-7-11/h4-7,12-13H,2-3,8-9H2,1H3,(H,15,16)(H,18,20)/t12-,13+/m0/s1. The van der Waals surface area contributed by atoms with Crippen molar-refractivity contribution in [3.8, 4) is 5.75 Å². The molecule has 3 rings (SSSR count). The fourth-order valence-electron chi connectivity index (χ4n) is 2.43. The molecular weight excluding hydrogens is 286 g/mol. The second kappa shape index (κ2) is 6.61. The number of carbonyl (C=O) groups excluding carboxylic acids is 1. The molecule has 1 saturated heterocycles. The quantitative estimate of drug-likeness (QED) is 0.786. The van der Waals surface area contributed by atoms with E-state index in [1.807, 2.05) is 13.1 Å². The zero-order valence-corrected chi connectivity index (χ0v) is 12.4. The Kier molecular flexibility index (Phi) is 4.38. The molecule has 1 aliphatic rings. The van der Waals surface area contributed by atoms with Crippen LogP contribution in [0.1, 0.15) is 12.1 Å². The maximum absolute atomic E-state index is 12.1. The largest absolute Gasteiger partial charge is 0.482 e. The van der Waals surface area contributed by atoms with Crippen molar-refractivity contribution in [2.75, 3.05) is 13.2 Å². The van der Waals surface area contributed by atoms with Gasteiger partial charge in [-0.05, 0) is 12.5 Å². The number of ether oxygens (including phenoxy) is 2. The molecule has 0 unspecified atom stereocenters. The third-order valence-electron chi connectivity index (χ3n) is 3.67. The molecule has 1 aliphatic heterocycles. The number of amides is 1. The van der Waals surface area contributed by atoms with Crippen molar-refractivity contribution >= 4 is 5.91 Å². The first-order chi connectivity index (χ1) is 10.7. The fourth-order valence-corrected chi connectivity index (χ4v) is 2.43. The van der Waals surface area contributed by atoms with Crippen LogP contribution in [0.25, 0.3) is 0 Å². The molecule has 3 heterocycles. The van der Waals surface area contributed by atoms with Crippen molar-refractivity contribution in [3.05, 3.63) is 30.4 Å². The molecule has 118 valence electrons. The van der Waals surface area contributed by atoms with Crippen molar-refractivity contribution in [1.82, 2.24) is 25.3 Å². The van der Waals surface area contributed by atoms with Gasteiger partial charge in [-0.15, -0.1) is 0 Å². The Balaban J connectivity index is 1.48. The van der Waals surface area contributed by atoms with E-state index in [2.05, 4.69) is 20.6 Å². The summed E-state index contributed by atoms with van der Waals surface area (Å²) in [6, 6.07) is 1.77. The molecule has 0 bridgehead atoms. The molecule has 8 nitrogen and oxygen atoms in total. The molecule has 1 amide bonds. The van der Waals surface area contributed by atoms with Crippen LogP contribution in [0.15, 0.2) is 24.7 Å². The van der Waals surface area contributed by atoms with Gasteiger partial charge in [-0.1, -0.05) is 0 Å². The summed E-state index contributed by atoms with van der Waals surface area (Å²) >= 11 is 0. The number of hydrogen-bond acceptors (Lipinski definition) is 5. The van der Waals surface area contributed by atoms with Gasteiger partial charge in [-0.2, -0.15) is 10.2 Å². The highest BCUT2D eigenvalue weighted by molar-refractivity contribution is 5.76. The van der Waals surface area contributed by atoms with Gasteiger partial charge in [0.1, 0.15) is 6.10 Å². The average molecular weight is 305 g/mol. The normalized spacial score (nSPS) is 21.0. The minimum Gasteiger partial charge on any atom is -0.482 e. The first-order valence-corrected chi connectivity index (χ1v) is 7.22. The highest BCUT2D eigenvalue weighted by Gasteiger charge is 2.31. The molecule has 22 heavy (non-hydrogen) atoms. The minimum atomic E-state index is -0.196. The van der Waals surface area contributed by atoms with E-state index in [0.29, 0.717) is 31.8 Å². The molecular formula is C14H19N5O3. The molecule has 2 aromatic rings. The van der Waals surface area contributed by atoms with Crippen molar-refractivity contribution in [1.29, 1.82) is 0 Å². The van der Waals surface area contributed by atoms with Gasteiger partial charge in [0.25, 0.3) is 0 Å². The predicted octanol–water partition coefficient (Wildman–Crippen LogP) is 0.0384. The Morgan fingerprint density at radius 3 is 3.23 bits per heavy atom. The van der Waals surface area contributed by atoms with Crippen LogP contribution in [0.4, 0.5) is 0 Å². The van der Waals surface area contributed by atoms with E-state index in [1.54, 1.807) is 23.3 Å². The summed E-state index contributed by atoms with van der Waals surface area (Å²) in [4.78, 5) is 12.1. The van der Waals surface area contributed by atoms with Gasteiger partial charge in [0.2, 0.25) is 5.91 Å². The van der Waals surface area contributed by atoms with Crippen LogP contribution in [0.5, 0.6) is 5.75 Å². The van der Waals surface area contributed by atoms with Gasteiger partial charge in [-0.3, -0.25) is 14.6 Å². The second-order valence-electron chi connectivity index (χ2n) is 5.25. The molecule has 0 radical (unpaired) electrons. The van der Waals surface area contributed by atoms with Gasteiger partial charge >= 0.3 is 0 Å². The van der Waals surface area contributed by atoms with Crippen molar-refractivity contribution in [2.45, 2.75) is 25.0 Å². The zero-order chi connectivity index (χ0) is 15.4. The molecule has 0 saturated carbocycles. The number of hydrogen-bond donors (Lipinski definition) is 2. The number of aromatic amines is 1. The summed E-state index contributed by atoms with van der Waals surface area (Å²) in [6.45, 7) is 0.915. The van der Waals surface area contributed by atoms with Gasteiger partial charge in [0.05, 0.1) is 31.6 Å². The minimum absolute atomic E-state index is 0.0162. The molecule has 1 fully saturated rings. The van der Waals surface area contributed by atoms with Gasteiger partial charge in [0, 0.05) is 25.4 Å². The molecule has 8 heteroatoms. The Morgan fingerprint density at radius 2 is 2.50 bits per heavy atom. The summed E-state index contributed by atoms with van der Waals surface area (Å²) in [5.74, 6) is 0.627. The SMILES string of the molecule is Cn1nccc1CCC(=O)N[C@H]1COC[C@H]1Oc1cn[nH]c1. The second-order valence-corrected chi connectivity index (χ2v) is 5.25. The summed E-state index contributed by atoms with van der Waals surface area (Å²) in [7, 11) is 1.87. The van der Waals surface area contributed by atoms with E-state index in [9.17, 15) is 4.79 Å². The Labute approximate surface area is 127 Å². The first-order valence-electron chi connectivity index (χ1n) is 7.22. The first kappa shape index (κ1) is 14.6. The molecule has 2 aromatic heterocycles. The van der Waals surface area contributed by atoms with Gasteiger partial charge in [0.15, 0.2) is 5.75 Å². The lowest BCUT2D eigenvalue weighted by Crippen LogP contribution is -2.45. The maximum Gasteiger partial charge on any atom is 0.220 e. The van der Waals surface area contributed by atoms with E-state index < -0.39 is 0 Å². The van der Waals surface area contributed by atoms with E-state index in [-0.39, 0.29) is 18.1 Å². The lowest BCUT2D eigenvalue weighted by molar-refractivity contribution is -0.122. The Morgan fingerprint density at radius 1 is 1.59 bits per heavy atom. The number of rotatable bonds is 6. The third kappa shape index (κ3) is 3.45. The van der Waals surface area contributed by atoms with Crippen LogP contribution in [-0.2, 0) is 23.0 Å². The lowest BCUT2D eigenvalue weighted by atomic mass is 10.2. The van der Waals surface area contributed by atoms with Crippen LogP contribution < -0.4 is 10.1 Å². The molecule has 0 aliphatic carbocycles. The molecule has 2 N–H and O–H groups in total. The molecule has 0 aromatic carbocycles. The van der Waals surface area contributed by atoms with E-state index in [4.69, 9.17) is 9.47 Å². The summed E-state index contributed by atoms with van der Waals surface area (Å²) < 4.78 is 12.9. The molecule has 2 atom stereocenters. The van der Waals surface area contributed by atoms with Gasteiger partial charge < -0.3 is 14.8 Å². The molecule has 0 spiro atoms. The lowest BCUT2D eigenvalue weighted by Gasteiger charge is -2.19. The Bertz CT molecular complexity index is 610. The fraction of sp³-hybridized carbons (Fsp3) is 0.500. The summed E-state index contributed by atoms with van der Waals surface area (Å²) in [5, 5.41) is 13.6. The predicted molar refractivity (Wildman–Crippen MR) is 77.3 cm³/mol. The van der Waals surface area contributed by atoms with Crippen LogP contribution in [-0.4, -0.2) is 51.2 Å². The Hall–Kier alpha value is -2.35. The smallest absolute Gasteiger partial charge is 0.220 e. The van der Waals surface area contributed by atoms with Crippen LogP contribution in [0.3, 0.4) is 0 Å². The van der Waals surface area contributed by atoms with Crippen molar-refractivity contribution in [2.24, 2.45) is 7.05 Å². The zero-order valence-electron chi connectivity index (χ0n) is 12.4. The van der Waals surface area contributed by atoms with Gasteiger partial charge in [-0.25, -0.2) is 0 Å². The topological polar surface area (TPSA) is 94.1 Å². The number of carbonyl (C=O) groups is 1. The number of nitrogens with zero attached hydrogens (tertiary/aromatic N) is 3. The number of nitrogens with one attached hydrogen (secondary N) is 2. The van der Waals surface area contributed by atoms with E-state index >= 15 is 0 Å². The number of aryl methyl sites for hydroxylation is 2. The summed E-state index contributed by atoms with van der Waals surface area (Å²) in [5.41, 5.74) is 1.03. The maximum atomic E-state index is 12.1. The highest BCUT2D eigenvalue weighted by Crippen LogP contribution is 2.15. The van der Waals surface area contributed by atoms with Crippen molar-refractivity contribution in [3.63, 3.8) is 0 Å². The van der Waals surface area contributed by atoms with E-state index in [0.717, 1.165) is 5.69 Å². The van der Waals surface area contributed by atoms with Crippen LogP contribution >= 0.6 is 0 Å². The van der Waals surface area contributed by atoms with Crippen LogP contribution in [0.2, 0.25) is 0 Å². The van der Waals surface area contributed by atoms with Crippen molar-refractivity contribution < 1.29 is 14.3 Å². The highest BCUT2D eigenvalue weighted by atomic mass is 16.5. The number of H-pyrrole nitrogens is 1. The van der Waals surface area contributed by atoms with Crippen LogP contribution in [0, 0.1) is 0 Å². The van der Waals surface area contributed by atoms with E-state index in [1.165, 1.54) is 0 Å². The average Bonchev–Trinajstić information content (AvgIpc) is 3.22. The monoisotopic (exact) mass is 305 g/mol. The number of aromatic nitrogens is 4. The summed E-state index contributed by atoms with van der Waals surface area (Å²) in [6.07, 6.45) is 5.86.